The SMILES string of the molecule is CCOC(=O)c1cccc(NC2=NS(=O)(=O)C(c3ccc(C)cc3)=C2C)c1. The molecule has 3 rings (SSSR count). The highest BCUT2D eigenvalue weighted by atomic mass is 32.2. The summed E-state index contributed by atoms with van der Waals surface area (Å²) in [6.07, 6.45) is 0. The molecule has 0 amide bonds. The Balaban J connectivity index is 1.93. The Bertz CT molecular complexity index is 1050. The molecule has 1 aliphatic heterocycles. The lowest BCUT2D eigenvalue weighted by Crippen LogP contribution is -2.12. The maximum Gasteiger partial charge on any atom is 0.338 e. The smallest absolute Gasteiger partial charge is 0.338 e. The first kappa shape index (κ1) is 18.8. The van der Waals surface area contributed by atoms with E-state index >= 15 is 0 Å². The number of esters is 1. The van der Waals surface area contributed by atoms with E-state index in [1.54, 1.807) is 50.2 Å². The van der Waals surface area contributed by atoms with Gasteiger partial charge >= 0.3 is 5.97 Å². The molecule has 0 radical (unpaired) electrons. The molecule has 1 N–H and O–H groups in total. The minimum absolute atomic E-state index is 0.187. The summed E-state index contributed by atoms with van der Waals surface area (Å²) in [6, 6.07) is 13.9. The highest BCUT2D eigenvalue weighted by Crippen LogP contribution is 2.33. The van der Waals surface area contributed by atoms with Gasteiger partial charge in [0.2, 0.25) is 0 Å². The second-order valence-electron chi connectivity index (χ2n) is 6.16. The van der Waals surface area contributed by atoms with Crippen molar-refractivity contribution in [1.82, 2.24) is 0 Å². The van der Waals surface area contributed by atoms with Gasteiger partial charge in [0.1, 0.15) is 10.7 Å². The Morgan fingerprint density at radius 2 is 1.81 bits per heavy atom. The van der Waals surface area contributed by atoms with Gasteiger partial charge in [0.25, 0.3) is 10.0 Å². The monoisotopic (exact) mass is 384 g/mol. The van der Waals surface area contributed by atoms with Gasteiger partial charge in [-0.15, -0.1) is 4.40 Å². The maximum atomic E-state index is 12.6. The van der Waals surface area contributed by atoms with Crippen LogP contribution in [0.5, 0.6) is 0 Å². The van der Waals surface area contributed by atoms with E-state index in [2.05, 4.69) is 9.71 Å². The van der Waals surface area contributed by atoms with Crippen LogP contribution in [0, 0.1) is 6.92 Å². The standard InChI is InChI=1S/C20H20N2O4S/c1-4-26-20(23)16-6-5-7-17(12-16)21-19-14(3)18(27(24,25)22-19)15-10-8-13(2)9-11-15/h5-12H,4H2,1-3H3,(H,21,22). The molecule has 0 spiro atoms. The largest absolute Gasteiger partial charge is 0.462 e. The molecule has 7 heteroatoms. The van der Waals surface area contributed by atoms with E-state index < -0.39 is 16.0 Å². The summed E-state index contributed by atoms with van der Waals surface area (Å²) in [5.41, 5.74) is 3.10. The van der Waals surface area contributed by atoms with Crippen molar-refractivity contribution in [3.8, 4) is 0 Å². The van der Waals surface area contributed by atoms with Gasteiger partial charge in [0.05, 0.1) is 12.2 Å². The molecule has 0 aliphatic carbocycles. The molecule has 0 saturated carbocycles. The first-order chi connectivity index (χ1) is 12.8. The summed E-state index contributed by atoms with van der Waals surface area (Å²) in [5.74, 6) is -0.193. The number of nitrogens with zero attached hydrogens (tertiary/aromatic N) is 1. The molecule has 2 aromatic rings. The first-order valence-electron chi connectivity index (χ1n) is 8.49. The fraction of sp³-hybridized carbons (Fsp3) is 0.200. The summed E-state index contributed by atoms with van der Waals surface area (Å²) in [7, 11) is -3.79. The predicted molar refractivity (Wildman–Crippen MR) is 106 cm³/mol. The summed E-state index contributed by atoms with van der Waals surface area (Å²) in [4.78, 5) is 12.1. The second-order valence-corrected chi connectivity index (χ2v) is 7.70. The zero-order chi connectivity index (χ0) is 19.6. The third kappa shape index (κ3) is 3.93. The summed E-state index contributed by atoms with van der Waals surface area (Å²) in [5, 5.41) is 3.00. The maximum absolute atomic E-state index is 12.6. The molecule has 1 heterocycles. The lowest BCUT2D eigenvalue weighted by molar-refractivity contribution is 0.0526. The molecule has 1 aliphatic rings. The molecule has 6 nitrogen and oxygen atoms in total. The second kappa shape index (κ2) is 7.36. The van der Waals surface area contributed by atoms with Gasteiger partial charge in [0.15, 0.2) is 0 Å². The van der Waals surface area contributed by atoms with Crippen molar-refractivity contribution in [2.24, 2.45) is 4.40 Å². The van der Waals surface area contributed by atoms with Crippen molar-refractivity contribution < 1.29 is 17.9 Å². The van der Waals surface area contributed by atoms with Gasteiger partial charge < -0.3 is 10.1 Å². The van der Waals surface area contributed by atoms with Gasteiger partial charge in [-0.05, 0) is 44.5 Å². The molecule has 0 aromatic heterocycles. The Kier molecular flexibility index (Phi) is 5.14. The topological polar surface area (TPSA) is 84.8 Å². The number of hydrogen-bond donors (Lipinski definition) is 1. The number of anilines is 1. The van der Waals surface area contributed by atoms with Crippen molar-refractivity contribution >= 4 is 32.4 Å². The van der Waals surface area contributed by atoms with Crippen LogP contribution in [0.3, 0.4) is 0 Å². The van der Waals surface area contributed by atoms with Crippen LogP contribution in [0.25, 0.3) is 4.91 Å². The van der Waals surface area contributed by atoms with Gasteiger partial charge in [0, 0.05) is 11.3 Å². The van der Waals surface area contributed by atoms with Gasteiger partial charge in [-0.3, -0.25) is 0 Å². The fourth-order valence-electron chi connectivity index (χ4n) is 2.80. The highest BCUT2D eigenvalue weighted by Gasteiger charge is 2.31. The number of amidine groups is 1. The molecule has 0 bridgehead atoms. The van der Waals surface area contributed by atoms with E-state index in [1.165, 1.54) is 0 Å². The van der Waals surface area contributed by atoms with Gasteiger partial charge in [-0.1, -0.05) is 35.9 Å². The third-order valence-corrected chi connectivity index (χ3v) is 5.60. The average Bonchev–Trinajstić information content (AvgIpc) is 2.85. The van der Waals surface area contributed by atoms with Crippen LogP contribution in [0.15, 0.2) is 58.5 Å². The van der Waals surface area contributed by atoms with Gasteiger partial charge in [-0.2, -0.15) is 8.42 Å². The minimum Gasteiger partial charge on any atom is -0.462 e. The van der Waals surface area contributed by atoms with E-state index in [1.807, 2.05) is 19.1 Å². The van der Waals surface area contributed by atoms with Crippen molar-refractivity contribution in [3.63, 3.8) is 0 Å². The lowest BCUT2D eigenvalue weighted by atomic mass is 10.1. The summed E-state index contributed by atoms with van der Waals surface area (Å²) >= 11 is 0. The molecular weight excluding hydrogens is 364 g/mol. The minimum atomic E-state index is -3.79. The number of aryl methyl sites for hydroxylation is 1. The summed E-state index contributed by atoms with van der Waals surface area (Å²) < 4.78 is 34.0. The number of carbonyl (C=O) groups excluding carboxylic acids is 1. The van der Waals surface area contributed by atoms with Crippen LogP contribution in [0.1, 0.15) is 35.3 Å². The van der Waals surface area contributed by atoms with Gasteiger partial charge in [-0.25, -0.2) is 4.79 Å². The van der Waals surface area contributed by atoms with E-state index in [-0.39, 0.29) is 17.3 Å². The average molecular weight is 384 g/mol. The predicted octanol–water partition coefficient (Wildman–Crippen LogP) is 3.76. The number of hydrogen-bond acceptors (Lipinski definition) is 5. The number of benzene rings is 2. The zero-order valence-corrected chi connectivity index (χ0v) is 16.1. The van der Waals surface area contributed by atoms with Crippen LogP contribution in [-0.4, -0.2) is 26.8 Å². The Morgan fingerprint density at radius 1 is 1.11 bits per heavy atom. The molecule has 27 heavy (non-hydrogen) atoms. The number of sulfonamides is 1. The van der Waals surface area contributed by atoms with E-state index in [9.17, 15) is 13.2 Å². The molecule has 140 valence electrons. The van der Waals surface area contributed by atoms with Crippen molar-refractivity contribution in [1.29, 1.82) is 0 Å². The Morgan fingerprint density at radius 3 is 2.48 bits per heavy atom. The molecular formula is C20H20N2O4S. The van der Waals surface area contributed by atoms with Crippen LogP contribution >= 0.6 is 0 Å². The normalized spacial score (nSPS) is 15.4. The van der Waals surface area contributed by atoms with Crippen LogP contribution < -0.4 is 5.32 Å². The van der Waals surface area contributed by atoms with E-state index in [0.29, 0.717) is 22.4 Å². The zero-order valence-electron chi connectivity index (χ0n) is 15.3. The lowest BCUT2D eigenvalue weighted by Gasteiger charge is -2.09. The number of carbonyl (C=O) groups is 1. The molecule has 0 atom stereocenters. The van der Waals surface area contributed by atoms with Crippen molar-refractivity contribution in [2.45, 2.75) is 20.8 Å². The Labute approximate surface area is 158 Å². The van der Waals surface area contributed by atoms with Crippen molar-refractivity contribution in [3.05, 3.63) is 70.8 Å². The summed E-state index contributed by atoms with van der Waals surface area (Å²) in [6.45, 7) is 5.66. The Hall–Kier alpha value is -2.93. The van der Waals surface area contributed by atoms with Crippen LogP contribution in [-0.2, 0) is 14.8 Å². The quantitative estimate of drug-likeness (QED) is 0.812. The molecule has 0 saturated heterocycles. The molecule has 2 aromatic carbocycles. The van der Waals surface area contributed by atoms with E-state index in [4.69, 9.17) is 4.74 Å². The number of rotatable bonds is 4. The third-order valence-electron chi connectivity index (χ3n) is 4.12. The highest BCUT2D eigenvalue weighted by molar-refractivity contribution is 8.00. The van der Waals surface area contributed by atoms with E-state index in [0.717, 1.165) is 5.56 Å². The first-order valence-corrected chi connectivity index (χ1v) is 9.93. The van der Waals surface area contributed by atoms with Crippen LogP contribution in [0.2, 0.25) is 0 Å². The van der Waals surface area contributed by atoms with Crippen LogP contribution in [0.4, 0.5) is 5.69 Å². The number of ether oxygens (including phenoxy) is 1. The fourth-order valence-corrected chi connectivity index (χ4v) is 4.23. The molecule has 0 fully saturated rings. The number of nitrogens with one attached hydrogen (secondary N) is 1. The molecule has 0 unspecified atom stereocenters. The van der Waals surface area contributed by atoms with Crippen molar-refractivity contribution in [2.75, 3.05) is 11.9 Å².